The summed E-state index contributed by atoms with van der Waals surface area (Å²) in [4.78, 5) is 27.3. The Kier molecular flexibility index (Phi) is 6.44. The summed E-state index contributed by atoms with van der Waals surface area (Å²) in [6.45, 7) is 0.665. The van der Waals surface area contributed by atoms with Crippen molar-refractivity contribution in [2.45, 2.75) is 50.0 Å². The fourth-order valence-corrected chi connectivity index (χ4v) is 5.05. The maximum atomic E-state index is 14.0. The molecule has 0 saturated carbocycles. The molecule has 2 fully saturated rings. The van der Waals surface area contributed by atoms with Crippen molar-refractivity contribution in [2.24, 2.45) is 0 Å². The van der Waals surface area contributed by atoms with E-state index in [2.05, 4.69) is 5.32 Å². The monoisotopic (exact) mass is 442 g/mol. The number of carbonyl (C=O) groups is 2. The number of nitrogens with zero attached hydrogens (tertiary/aromatic N) is 1. The van der Waals surface area contributed by atoms with Crippen molar-refractivity contribution in [3.8, 4) is 5.75 Å². The van der Waals surface area contributed by atoms with Gasteiger partial charge in [-0.2, -0.15) is 0 Å². The molecule has 2 aliphatic rings. The van der Waals surface area contributed by atoms with Gasteiger partial charge in [0.05, 0.1) is 12.6 Å². The average molecular weight is 443 g/mol. The van der Waals surface area contributed by atoms with Crippen LogP contribution in [0.4, 0.5) is 8.78 Å². The number of hydrogen-bond acceptors (Lipinski definition) is 3. The maximum absolute atomic E-state index is 14.0. The SMILES string of the molecule is COc1cccc(CCC(=O)N2C[C@@H](c3cc(F)cc(F)c3)[C@@]3(CCCCC(=O)N3)C2)c1. The number of nitrogens with one attached hydrogen (secondary N) is 1. The van der Waals surface area contributed by atoms with Gasteiger partial charge >= 0.3 is 0 Å². The molecule has 1 spiro atoms. The van der Waals surface area contributed by atoms with Gasteiger partial charge in [-0.05, 0) is 54.7 Å². The number of likely N-dealkylation sites (tertiary alicyclic amines) is 1. The highest BCUT2D eigenvalue weighted by molar-refractivity contribution is 5.79. The number of methoxy groups -OCH3 is 1. The third-order valence-electron chi connectivity index (χ3n) is 6.61. The van der Waals surface area contributed by atoms with Crippen molar-refractivity contribution in [1.29, 1.82) is 0 Å². The second-order valence-corrected chi connectivity index (χ2v) is 8.79. The van der Waals surface area contributed by atoms with Gasteiger partial charge in [0.1, 0.15) is 17.4 Å². The lowest BCUT2D eigenvalue weighted by atomic mass is 9.79. The lowest BCUT2D eigenvalue weighted by Gasteiger charge is -2.34. The van der Waals surface area contributed by atoms with Crippen LogP contribution >= 0.6 is 0 Å². The van der Waals surface area contributed by atoms with Gasteiger partial charge in [0.15, 0.2) is 0 Å². The van der Waals surface area contributed by atoms with Crippen LogP contribution in [-0.2, 0) is 16.0 Å². The van der Waals surface area contributed by atoms with Crippen LogP contribution in [0.5, 0.6) is 5.75 Å². The molecule has 5 nitrogen and oxygen atoms in total. The van der Waals surface area contributed by atoms with Crippen LogP contribution in [0.3, 0.4) is 0 Å². The third kappa shape index (κ3) is 4.76. The van der Waals surface area contributed by atoms with Crippen LogP contribution in [0.15, 0.2) is 42.5 Å². The van der Waals surface area contributed by atoms with Crippen molar-refractivity contribution < 1.29 is 23.1 Å². The number of carbonyl (C=O) groups excluding carboxylic acids is 2. The van der Waals surface area contributed by atoms with Gasteiger partial charge in [0, 0.05) is 37.9 Å². The summed E-state index contributed by atoms with van der Waals surface area (Å²) in [6.07, 6.45) is 3.55. The number of halogens is 2. The summed E-state index contributed by atoms with van der Waals surface area (Å²) < 4.78 is 33.2. The Balaban J connectivity index is 1.56. The van der Waals surface area contributed by atoms with E-state index in [1.165, 1.54) is 12.1 Å². The van der Waals surface area contributed by atoms with Crippen LogP contribution in [0.1, 0.15) is 49.1 Å². The highest BCUT2D eigenvalue weighted by Gasteiger charge is 2.49. The van der Waals surface area contributed by atoms with Crippen LogP contribution in [0, 0.1) is 11.6 Å². The van der Waals surface area contributed by atoms with Crippen molar-refractivity contribution >= 4 is 11.8 Å². The molecule has 1 N–H and O–H groups in total. The van der Waals surface area contributed by atoms with Gasteiger partial charge in [-0.15, -0.1) is 0 Å². The molecule has 4 rings (SSSR count). The summed E-state index contributed by atoms with van der Waals surface area (Å²) in [5.41, 5.74) is 0.769. The van der Waals surface area contributed by atoms with Crippen LogP contribution in [0.25, 0.3) is 0 Å². The molecule has 2 amide bonds. The van der Waals surface area contributed by atoms with Gasteiger partial charge in [0.25, 0.3) is 0 Å². The smallest absolute Gasteiger partial charge is 0.223 e. The molecule has 2 saturated heterocycles. The molecule has 0 aromatic heterocycles. The predicted octanol–water partition coefficient (Wildman–Crippen LogP) is 3.96. The Morgan fingerprint density at radius 1 is 1.19 bits per heavy atom. The van der Waals surface area contributed by atoms with Crippen molar-refractivity contribution in [2.75, 3.05) is 20.2 Å². The zero-order chi connectivity index (χ0) is 22.7. The predicted molar refractivity (Wildman–Crippen MR) is 116 cm³/mol. The van der Waals surface area contributed by atoms with Crippen molar-refractivity contribution in [3.05, 3.63) is 65.2 Å². The molecular formula is C25H28F2N2O3. The van der Waals surface area contributed by atoms with E-state index in [9.17, 15) is 18.4 Å². The van der Waals surface area contributed by atoms with E-state index >= 15 is 0 Å². The van der Waals surface area contributed by atoms with Gasteiger partial charge < -0.3 is 15.0 Å². The molecule has 0 radical (unpaired) electrons. The van der Waals surface area contributed by atoms with E-state index in [-0.39, 0.29) is 17.7 Å². The Bertz CT molecular complexity index is 992. The summed E-state index contributed by atoms with van der Waals surface area (Å²) in [6, 6.07) is 11.1. The lowest BCUT2D eigenvalue weighted by Crippen LogP contribution is -2.52. The molecule has 2 aliphatic heterocycles. The van der Waals surface area contributed by atoms with Crippen LogP contribution < -0.4 is 10.1 Å². The zero-order valence-electron chi connectivity index (χ0n) is 18.2. The first kappa shape index (κ1) is 22.2. The number of hydrogen-bond donors (Lipinski definition) is 1. The summed E-state index contributed by atoms with van der Waals surface area (Å²) in [5, 5.41) is 3.12. The topological polar surface area (TPSA) is 58.6 Å². The van der Waals surface area contributed by atoms with Crippen LogP contribution in [-0.4, -0.2) is 42.5 Å². The molecule has 2 heterocycles. The third-order valence-corrected chi connectivity index (χ3v) is 6.61. The average Bonchev–Trinajstić information content (AvgIpc) is 3.02. The van der Waals surface area contributed by atoms with E-state index < -0.39 is 17.2 Å². The lowest BCUT2D eigenvalue weighted by molar-refractivity contribution is -0.131. The Labute approximate surface area is 186 Å². The Morgan fingerprint density at radius 3 is 2.72 bits per heavy atom. The number of benzene rings is 2. The second-order valence-electron chi connectivity index (χ2n) is 8.79. The van der Waals surface area contributed by atoms with Gasteiger partial charge in [-0.1, -0.05) is 18.6 Å². The molecule has 0 aliphatic carbocycles. The highest BCUT2D eigenvalue weighted by Crippen LogP contribution is 2.41. The summed E-state index contributed by atoms with van der Waals surface area (Å²) in [5.74, 6) is -1.05. The first-order valence-corrected chi connectivity index (χ1v) is 11.1. The fourth-order valence-electron chi connectivity index (χ4n) is 5.05. The second kappa shape index (κ2) is 9.27. The van der Waals surface area contributed by atoms with Gasteiger partial charge in [0.2, 0.25) is 11.8 Å². The number of amides is 2. The van der Waals surface area contributed by atoms with Gasteiger partial charge in [-0.3, -0.25) is 9.59 Å². The van der Waals surface area contributed by atoms with E-state index in [0.717, 1.165) is 30.2 Å². The number of ether oxygens (including phenoxy) is 1. The molecule has 2 aromatic carbocycles. The molecule has 32 heavy (non-hydrogen) atoms. The first-order valence-electron chi connectivity index (χ1n) is 11.1. The van der Waals surface area contributed by atoms with Gasteiger partial charge in [-0.25, -0.2) is 8.78 Å². The summed E-state index contributed by atoms with van der Waals surface area (Å²) in [7, 11) is 1.60. The van der Waals surface area contributed by atoms with E-state index in [4.69, 9.17) is 4.74 Å². The Morgan fingerprint density at radius 2 is 1.97 bits per heavy atom. The molecule has 7 heteroatoms. The van der Waals surface area contributed by atoms with E-state index in [1.54, 1.807) is 12.0 Å². The van der Waals surface area contributed by atoms with E-state index in [1.807, 2.05) is 24.3 Å². The largest absolute Gasteiger partial charge is 0.497 e. The summed E-state index contributed by atoms with van der Waals surface area (Å²) >= 11 is 0. The van der Waals surface area contributed by atoms with Crippen molar-refractivity contribution in [3.63, 3.8) is 0 Å². The quantitative estimate of drug-likeness (QED) is 0.763. The minimum absolute atomic E-state index is 0.0370. The first-order chi connectivity index (χ1) is 15.4. The molecule has 170 valence electrons. The molecule has 2 aromatic rings. The standard InChI is InChI=1S/C25H28F2N2O3/c1-32-21-6-4-5-17(11-21)8-9-24(31)29-15-22(18-12-19(26)14-20(27)13-18)25(16-29)10-3-2-7-23(30)28-25/h4-6,11-14,22H,2-3,7-10,15-16H2,1H3,(H,28,30)/t22-,25+/m0/s1. The number of aryl methyl sites for hydroxylation is 1. The molecular weight excluding hydrogens is 414 g/mol. The maximum Gasteiger partial charge on any atom is 0.223 e. The highest BCUT2D eigenvalue weighted by atomic mass is 19.1. The molecule has 0 bridgehead atoms. The Hall–Kier alpha value is -2.96. The number of rotatable bonds is 5. The normalized spacial score (nSPS) is 23.2. The van der Waals surface area contributed by atoms with Crippen molar-refractivity contribution in [1.82, 2.24) is 10.2 Å². The zero-order valence-corrected chi connectivity index (χ0v) is 18.2. The fraction of sp³-hybridized carbons (Fsp3) is 0.440. The molecule has 2 atom stereocenters. The molecule has 0 unspecified atom stereocenters. The van der Waals surface area contributed by atoms with E-state index in [0.29, 0.717) is 44.3 Å². The minimum atomic E-state index is -0.709. The minimum Gasteiger partial charge on any atom is -0.497 e. The van der Waals surface area contributed by atoms with Crippen LogP contribution in [0.2, 0.25) is 0 Å².